The van der Waals surface area contributed by atoms with Crippen molar-refractivity contribution in [3.63, 3.8) is 0 Å². The lowest BCUT2D eigenvalue weighted by atomic mass is 10.2. The number of nitrogens with one attached hydrogen (secondary N) is 1. The standard InChI is InChI=1S/C23H19FN4OS/c24-18-11-13-19(14-12-18)25-15-22-26-27-23(28(22)20-9-5-2-6-10-20)30-16-21(29)17-7-3-1-4-8-17/h1-14,25H,15-16H2. The normalized spacial score (nSPS) is 10.7. The van der Waals surface area contributed by atoms with E-state index in [2.05, 4.69) is 15.5 Å². The van der Waals surface area contributed by atoms with E-state index in [1.54, 1.807) is 12.1 Å². The zero-order valence-electron chi connectivity index (χ0n) is 16.0. The summed E-state index contributed by atoms with van der Waals surface area (Å²) in [6.45, 7) is 0.403. The highest BCUT2D eigenvalue weighted by Gasteiger charge is 2.16. The highest BCUT2D eigenvalue weighted by atomic mass is 32.2. The average molecular weight is 418 g/mol. The van der Waals surface area contributed by atoms with Gasteiger partial charge in [0.25, 0.3) is 0 Å². The molecular formula is C23H19FN4OS. The predicted molar refractivity (Wildman–Crippen MR) is 117 cm³/mol. The first-order valence-corrected chi connectivity index (χ1v) is 10.4. The van der Waals surface area contributed by atoms with Gasteiger partial charge in [-0.05, 0) is 36.4 Å². The fraction of sp³-hybridized carbons (Fsp3) is 0.0870. The number of hydrogen-bond donors (Lipinski definition) is 1. The Hall–Kier alpha value is -3.45. The lowest BCUT2D eigenvalue weighted by Crippen LogP contribution is -2.09. The van der Waals surface area contributed by atoms with Gasteiger partial charge in [0.2, 0.25) is 0 Å². The summed E-state index contributed by atoms with van der Waals surface area (Å²) in [5.41, 5.74) is 2.37. The molecule has 150 valence electrons. The van der Waals surface area contributed by atoms with Gasteiger partial charge in [-0.1, -0.05) is 60.3 Å². The number of nitrogens with zero attached hydrogens (tertiary/aromatic N) is 3. The number of halogens is 1. The molecule has 3 aromatic carbocycles. The van der Waals surface area contributed by atoms with E-state index < -0.39 is 0 Å². The van der Waals surface area contributed by atoms with E-state index in [0.29, 0.717) is 23.1 Å². The number of para-hydroxylation sites is 1. The molecule has 0 radical (unpaired) electrons. The Kier molecular flexibility index (Phi) is 6.20. The Morgan fingerprint density at radius 3 is 2.27 bits per heavy atom. The molecule has 7 heteroatoms. The predicted octanol–water partition coefficient (Wildman–Crippen LogP) is 4.99. The second kappa shape index (κ2) is 9.37. The van der Waals surface area contributed by atoms with Crippen molar-refractivity contribution in [2.45, 2.75) is 11.7 Å². The zero-order chi connectivity index (χ0) is 20.8. The van der Waals surface area contributed by atoms with Crippen molar-refractivity contribution in [1.82, 2.24) is 14.8 Å². The van der Waals surface area contributed by atoms with Crippen LogP contribution in [0.25, 0.3) is 5.69 Å². The Morgan fingerprint density at radius 2 is 1.57 bits per heavy atom. The fourth-order valence-corrected chi connectivity index (χ4v) is 3.80. The number of Topliss-reactive ketones (excluding diaryl/α,β-unsaturated/α-hetero) is 1. The van der Waals surface area contributed by atoms with Crippen molar-refractivity contribution < 1.29 is 9.18 Å². The topological polar surface area (TPSA) is 59.8 Å². The third kappa shape index (κ3) is 4.75. The van der Waals surface area contributed by atoms with E-state index in [1.165, 1.54) is 23.9 Å². The van der Waals surface area contributed by atoms with Crippen LogP contribution < -0.4 is 5.32 Å². The first-order valence-electron chi connectivity index (χ1n) is 9.41. The van der Waals surface area contributed by atoms with Crippen molar-refractivity contribution in [2.24, 2.45) is 0 Å². The van der Waals surface area contributed by atoms with Crippen LogP contribution in [0.2, 0.25) is 0 Å². The first-order chi connectivity index (χ1) is 14.7. The van der Waals surface area contributed by atoms with Gasteiger partial charge in [0.05, 0.1) is 12.3 Å². The molecule has 0 unspecified atom stereocenters. The van der Waals surface area contributed by atoms with E-state index in [9.17, 15) is 9.18 Å². The minimum absolute atomic E-state index is 0.0363. The van der Waals surface area contributed by atoms with Crippen LogP contribution in [0.5, 0.6) is 0 Å². The summed E-state index contributed by atoms with van der Waals surface area (Å²) in [6.07, 6.45) is 0. The number of benzene rings is 3. The maximum Gasteiger partial charge on any atom is 0.196 e. The number of carbonyl (C=O) groups excluding carboxylic acids is 1. The Labute approximate surface area is 178 Å². The Balaban J connectivity index is 1.54. The number of carbonyl (C=O) groups is 1. The minimum Gasteiger partial charge on any atom is -0.378 e. The molecule has 0 spiro atoms. The monoisotopic (exact) mass is 418 g/mol. The quantitative estimate of drug-likeness (QED) is 0.323. The number of thioether (sulfide) groups is 1. The number of aromatic nitrogens is 3. The largest absolute Gasteiger partial charge is 0.378 e. The summed E-state index contributed by atoms with van der Waals surface area (Å²) in [5.74, 6) is 0.713. The second-order valence-corrected chi connectivity index (χ2v) is 7.45. The second-order valence-electron chi connectivity index (χ2n) is 6.51. The summed E-state index contributed by atoms with van der Waals surface area (Å²) in [7, 11) is 0. The van der Waals surface area contributed by atoms with Gasteiger partial charge in [-0.25, -0.2) is 4.39 Å². The molecule has 1 heterocycles. The number of hydrogen-bond acceptors (Lipinski definition) is 5. The molecule has 1 aromatic heterocycles. The van der Waals surface area contributed by atoms with Gasteiger partial charge >= 0.3 is 0 Å². The molecule has 0 bridgehead atoms. The van der Waals surface area contributed by atoms with Crippen LogP contribution in [-0.4, -0.2) is 26.3 Å². The Bertz CT molecular complexity index is 1120. The van der Waals surface area contributed by atoms with Gasteiger partial charge in [-0.3, -0.25) is 9.36 Å². The van der Waals surface area contributed by atoms with Crippen molar-refractivity contribution >= 4 is 23.2 Å². The van der Waals surface area contributed by atoms with Crippen molar-refractivity contribution in [3.05, 3.63) is 102 Å². The molecule has 0 saturated heterocycles. The summed E-state index contributed by atoms with van der Waals surface area (Å²) in [4.78, 5) is 12.5. The highest BCUT2D eigenvalue weighted by molar-refractivity contribution is 7.99. The summed E-state index contributed by atoms with van der Waals surface area (Å²) >= 11 is 1.35. The van der Waals surface area contributed by atoms with Crippen LogP contribution in [0.1, 0.15) is 16.2 Å². The van der Waals surface area contributed by atoms with Crippen molar-refractivity contribution in [1.29, 1.82) is 0 Å². The van der Waals surface area contributed by atoms with Gasteiger partial charge in [-0.2, -0.15) is 0 Å². The van der Waals surface area contributed by atoms with E-state index in [-0.39, 0.29) is 17.4 Å². The zero-order valence-corrected chi connectivity index (χ0v) is 16.8. The minimum atomic E-state index is -0.283. The number of rotatable bonds is 8. The van der Waals surface area contributed by atoms with Gasteiger partial charge < -0.3 is 5.32 Å². The third-order valence-electron chi connectivity index (χ3n) is 4.44. The molecule has 0 amide bonds. The molecule has 0 aliphatic heterocycles. The van der Waals surface area contributed by atoms with Gasteiger partial charge in [0.15, 0.2) is 16.8 Å². The SMILES string of the molecule is O=C(CSc1nnc(CNc2ccc(F)cc2)n1-c1ccccc1)c1ccccc1. The molecule has 30 heavy (non-hydrogen) atoms. The van der Waals surface area contributed by atoms with E-state index in [4.69, 9.17) is 0 Å². The van der Waals surface area contributed by atoms with Gasteiger partial charge in [0.1, 0.15) is 5.82 Å². The van der Waals surface area contributed by atoms with Crippen LogP contribution in [0, 0.1) is 5.82 Å². The van der Waals surface area contributed by atoms with Crippen LogP contribution in [0.3, 0.4) is 0 Å². The molecule has 0 aliphatic carbocycles. The van der Waals surface area contributed by atoms with E-state index in [0.717, 1.165) is 11.4 Å². The summed E-state index contributed by atoms with van der Waals surface area (Å²) in [6, 6.07) is 25.1. The van der Waals surface area contributed by atoms with Gasteiger partial charge in [-0.15, -0.1) is 10.2 Å². The maximum absolute atomic E-state index is 13.1. The molecule has 0 atom stereocenters. The van der Waals surface area contributed by atoms with Crippen LogP contribution in [-0.2, 0) is 6.54 Å². The first kappa shape index (κ1) is 19.8. The van der Waals surface area contributed by atoms with Crippen molar-refractivity contribution in [2.75, 3.05) is 11.1 Å². The maximum atomic E-state index is 13.1. The lowest BCUT2D eigenvalue weighted by molar-refractivity contribution is 0.102. The van der Waals surface area contributed by atoms with Crippen LogP contribution in [0.15, 0.2) is 90.1 Å². The summed E-state index contributed by atoms with van der Waals surface area (Å²) < 4.78 is 15.1. The van der Waals surface area contributed by atoms with E-state index >= 15 is 0 Å². The van der Waals surface area contributed by atoms with Crippen molar-refractivity contribution in [3.8, 4) is 5.69 Å². The molecule has 5 nitrogen and oxygen atoms in total. The molecule has 4 rings (SSSR count). The fourth-order valence-electron chi connectivity index (χ4n) is 2.93. The molecule has 4 aromatic rings. The molecular weight excluding hydrogens is 399 g/mol. The van der Waals surface area contributed by atoms with Crippen LogP contribution >= 0.6 is 11.8 Å². The number of ketones is 1. The molecule has 1 N–H and O–H groups in total. The Morgan fingerprint density at radius 1 is 0.900 bits per heavy atom. The molecule has 0 saturated carbocycles. The number of anilines is 1. The third-order valence-corrected chi connectivity index (χ3v) is 5.37. The lowest BCUT2D eigenvalue weighted by Gasteiger charge is -2.11. The molecule has 0 aliphatic rings. The average Bonchev–Trinajstić information content (AvgIpc) is 3.21. The summed E-state index contributed by atoms with van der Waals surface area (Å²) in [5, 5.41) is 12.5. The molecule has 0 fully saturated rings. The smallest absolute Gasteiger partial charge is 0.196 e. The van der Waals surface area contributed by atoms with E-state index in [1.807, 2.05) is 65.2 Å². The van der Waals surface area contributed by atoms with Gasteiger partial charge in [0, 0.05) is 16.9 Å². The van der Waals surface area contributed by atoms with Crippen LogP contribution in [0.4, 0.5) is 10.1 Å². The highest BCUT2D eigenvalue weighted by Crippen LogP contribution is 2.23.